The smallest absolute Gasteiger partial charge is 0.281 e. The normalized spacial score (nSPS) is 29.7. The molecule has 3 N–H and O–H groups in total. The van der Waals surface area contributed by atoms with Crippen molar-refractivity contribution in [1.29, 1.82) is 0 Å². The Morgan fingerprint density at radius 1 is 1.15 bits per heavy atom. The summed E-state index contributed by atoms with van der Waals surface area (Å²) in [4.78, 5) is 21.1. The highest BCUT2D eigenvalue weighted by Gasteiger charge is 2.56. The molecular weight excluding hydrogens is 360 g/mol. The Kier molecular flexibility index (Phi) is 4.53. The maximum Gasteiger partial charge on any atom is 0.281 e. The highest BCUT2D eigenvalue weighted by atomic mass is 16.8. The predicted octanol–water partition coefficient (Wildman–Crippen LogP) is -1.47. The second-order valence-corrected chi connectivity index (χ2v) is 7.11. The minimum Gasteiger partial charge on any atom is -0.394 e. The van der Waals surface area contributed by atoms with Crippen LogP contribution in [0, 0.1) is 0 Å². The van der Waals surface area contributed by atoms with E-state index >= 15 is 0 Å². The fourth-order valence-corrected chi connectivity index (χ4v) is 3.63. The van der Waals surface area contributed by atoms with E-state index < -0.39 is 55.1 Å². The third kappa shape index (κ3) is 2.87. The van der Waals surface area contributed by atoms with E-state index in [9.17, 15) is 20.1 Å². The van der Waals surface area contributed by atoms with E-state index in [-0.39, 0.29) is 17.8 Å². The van der Waals surface area contributed by atoms with E-state index in [2.05, 4.69) is 9.97 Å². The van der Waals surface area contributed by atoms with Crippen molar-refractivity contribution in [3.63, 3.8) is 0 Å². The zero-order valence-corrected chi connectivity index (χ0v) is 14.9. The van der Waals surface area contributed by atoms with Crippen molar-refractivity contribution in [2.45, 2.75) is 50.2 Å². The Morgan fingerprint density at radius 3 is 2.52 bits per heavy atom. The number of rotatable bonds is 5. The molecule has 2 fully saturated rings. The summed E-state index contributed by atoms with van der Waals surface area (Å²) in [6, 6.07) is -0.794. The van der Waals surface area contributed by atoms with Crippen molar-refractivity contribution in [2.24, 2.45) is 0 Å². The van der Waals surface area contributed by atoms with Gasteiger partial charge in [-0.1, -0.05) is 0 Å². The summed E-state index contributed by atoms with van der Waals surface area (Å²) in [5.74, 6) is -0.823. The maximum absolute atomic E-state index is 12.7. The van der Waals surface area contributed by atoms with E-state index in [1.807, 2.05) is 0 Å². The lowest BCUT2D eigenvalue weighted by molar-refractivity contribution is -0.199. The molecule has 0 aliphatic carbocycles. The van der Waals surface area contributed by atoms with Crippen LogP contribution < -0.4 is 5.56 Å². The number of aromatic nitrogens is 4. The molecule has 0 radical (unpaired) electrons. The Bertz CT molecular complexity index is 891. The van der Waals surface area contributed by atoms with Gasteiger partial charge in [0.25, 0.3) is 5.56 Å². The molecule has 2 aromatic heterocycles. The Balaban J connectivity index is 1.75. The number of aliphatic hydroxyl groups excluding tert-OH is 3. The molecule has 0 bridgehead atoms. The van der Waals surface area contributed by atoms with Crippen LogP contribution in [0.3, 0.4) is 0 Å². The SMILES string of the molecule is CC1(C)O[C@@H]2[C@H](O1)[C@@H](CO)O[C@H]2n1cnc2c(=O)n(C(CO)CO)cnc21. The number of ether oxygens (including phenoxy) is 3. The molecule has 2 aliphatic rings. The molecular formula is C16H22N4O7. The van der Waals surface area contributed by atoms with Crippen molar-refractivity contribution >= 4 is 11.2 Å². The Hall–Kier alpha value is -1.89. The fourth-order valence-electron chi connectivity index (χ4n) is 3.63. The van der Waals surface area contributed by atoms with Gasteiger partial charge in [0.05, 0.1) is 32.2 Å². The first kappa shape index (κ1) is 18.5. The van der Waals surface area contributed by atoms with Gasteiger partial charge in [0, 0.05) is 0 Å². The van der Waals surface area contributed by atoms with Crippen LogP contribution in [0.25, 0.3) is 11.2 Å². The number of nitrogens with zero attached hydrogens (tertiary/aromatic N) is 4. The van der Waals surface area contributed by atoms with Crippen molar-refractivity contribution in [1.82, 2.24) is 19.1 Å². The van der Waals surface area contributed by atoms with Crippen LogP contribution in [0.5, 0.6) is 0 Å². The highest BCUT2D eigenvalue weighted by molar-refractivity contribution is 5.69. The molecule has 148 valence electrons. The minimum atomic E-state index is -0.823. The van der Waals surface area contributed by atoms with Crippen molar-refractivity contribution in [2.75, 3.05) is 19.8 Å². The second-order valence-electron chi connectivity index (χ2n) is 7.11. The van der Waals surface area contributed by atoms with Crippen LogP contribution in [0.2, 0.25) is 0 Å². The molecule has 4 heterocycles. The van der Waals surface area contributed by atoms with Gasteiger partial charge in [0.1, 0.15) is 24.6 Å². The first-order valence-corrected chi connectivity index (χ1v) is 8.67. The average Bonchev–Trinajstić information content (AvgIpc) is 3.28. The molecule has 0 spiro atoms. The van der Waals surface area contributed by atoms with Crippen molar-refractivity contribution in [3.8, 4) is 0 Å². The van der Waals surface area contributed by atoms with Gasteiger partial charge in [0.15, 0.2) is 23.2 Å². The van der Waals surface area contributed by atoms with Gasteiger partial charge < -0.3 is 29.5 Å². The lowest BCUT2D eigenvalue weighted by atomic mass is 10.1. The molecule has 0 unspecified atom stereocenters. The maximum atomic E-state index is 12.7. The largest absolute Gasteiger partial charge is 0.394 e. The second kappa shape index (κ2) is 6.62. The van der Waals surface area contributed by atoms with Crippen LogP contribution >= 0.6 is 0 Å². The van der Waals surface area contributed by atoms with Gasteiger partial charge in [-0.05, 0) is 13.8 Å². The van der Waals surface area contributed by atoms with Crippen LogP contribution in [0.15, 0.2) is 17.4 Å². The summed E-state index contributed by atoms with van der Waals surface area (Å²) >= 11 is 0. The monoisotopic (exact) mass is 382 g/mol. The topological polar surface area (TPSA) is 141 Å². The third-order valence-electron chi connectivity index (χ3n) is 4.90. The Labute approximate surface area is 153 Å². The van der Waals surface area contributed by atoms with Gasteiger partial charge in [-0.25, -0.2) is 9.97 Å². The molecule has 0 aromatic carbocycles. The van der Waals surface area contributed by atoms with Crippen molar-refractivity contribution < 1.29 is 29.5 Å². The standard InChI is InChI=1S/C16H22N4O7/c1-16(2)26-11-9(5-23)25-15(12(11)27-16)20-6-17-10-13(20)18-7-19(14(10)24)8(3-21)4-22/h6-9,11-12,15,21-23H,3-5H2,1-2H3/t9-,11-,12-,15-/m1/s1. The number of fused-ring (bicyclic) bond motifs is 2. The molecule has 11 nitrogen and oxygen atoms in total. The van der Waals surface area contributed by atoms with Gasteiger partial charge in [0.2, 0.25) is 0 Å². The van der Waals surface area contributed by atoms with Crippen LogP contribution in [-0.2, 0) is 14.2 Å². The zero-order valence-electron chi connectivity index (χ0n) is 14.9. The number of aliphatic hydroxyl groups is 3. The highest BCUT2D eigenvalue weighted by Crippen LogP contribution is 2.43. The lowest BCUT2D eigenvalue weighted by Crippen LogP contribution is -2.31. The lowest BCUT2D eigenvalue weighted by Gasteiger charge is -2.24. The minimum absolute atomic E-state index is 0.0789. The summed E-state index contributed by atoms with van der Waals surface area (Å²) in [6.45, 7) is 2.52. The van der Waals surface area contributed by atoms with E-state index in [0.717, 1.165) is 4.57 Å². The van der Waals surface area contributed by atoms with Crippen LogP contribution in [0.1, 0.15) is 26.1 Å². The van der Waals surface area contributed by atoms with E-state index in [1.165, 1.54) is 12.7 Å². The van der Waals surface area contributed by atoms with Gasteiger partial charge in [-0.15, -0.1) is 0 Å². The molecule has 4 rings (SSSR count). The molecule has 27 heavy (non-hydrogen) atoms. The van der Waals surface area contributed by atoms with E-state index in [0.29, 0.717) is 0 Å². The fraction of sp³-hybridized carbons (Fsp3) is 0.688. The number of hydrogen-bond acceptors (Lipinski definition) is 9. The molecule has 2 saturated heterocycles. The van der Waals surface area contributed by atoms with Crippen LogP contribution in [0.4, 0.5) is 0 Å². The molecule has 2 aromatic rings. The number of hydrogen-bond donors (Lipinski definition) is 3. The summed E-state index contributed by atoms with van der Waals surface area (Å²) in [5.41, 5.74) is -0.124. The van der Waals surface area contributed by atoms with Gasteiger partial charge >= 0.3 is 0 Å². The van der Waals surface area contributed by atoms with E-state index in [4.69, 9.17) is 14.2 Å². The first-order valence-electron chi connectivity index (χ1n) is 8.67. The zero-order chi connectivity index (χ0) is 19.3. The molecule has 2 aliphatic heterocycles. The summed E-state index contributed by atoms with van der Waals surface area (Å²) in [7, 11) is 0. The average molecular weight is 382 g/mol. The Morgan fingerprint density at radius 2 is 1.85 bits per heavy atom. The molecule has 0 amide bonds. The molecule has 11 heteroatoms. The van der Waals surface area contributed by atoms with Crippen molar-refractivity contribution in [3.05, 3.63) is 23.0 Å². The molecule has 0 saturated carbocycles. The summed E-state index contributed by atoms with van der Waals surface area (Å²) in [6.07, 6.45) is 0.474. The molecule has 4 atom stereocenters. The third-order valence-corrected chi connectivity index (χ3v) is 4.90. The van der Waals surface area contributed by atoms with Crippen LogP contribution in [-0.4, -0.2) is 78.3 Å². The first-order chi connectivity index (χ1) is 12.9. The quantitative estimate of drug-likeness (QED) is 0.565. The predicted molar refractivity (Wildman–Crippen MR) is 89.8 cm³/mol. The summed E-state index contributed by atoms with van der Waals surface area (Å²) in [5, 5.41) is 28.2. The summed E-state index contributed by atoms with van der Waals surface area (Å²) < 4.78 is 20.4. The van der Waals surface area contributed by atoms with Gasteiger partial charge in [-0.3, -0.25) is 13.9 Å². The van der Waals surface area contributed by atoms with Gasteiger partial charge in [-0.2, -0.15) is 0 Å². The number of imidazole rings is 1. The van der Waals surface area contributed by atoms with E-state index in [1.54, 1.807) is 18.4 Å².